The highest BCUT2D eigenvalue weighted by Gasteiger charge is 1.54. The molecule has 0 nitrogen and oxygen atoms in total. The van der Waals surface area contributed by atoms with Crippen molar-refractivity contribution in [2.45, 2.75) is 0 Å². The molecule has 0 N–H and O–H groups in total. The molecule has 0 atom stereocenters. The normalized spacial score (nSPS) is 10.5. The van der Waals surface area contributed by atoms with Crippen LogP contribution >= 0.6 is 0 Å². The van der Waals surface area contributed by atoms with Crippen molar-refractivity contribution in [2.75, 3.05) is 0 Å². The van der Waals surface area contributed by atoms with E-state index in [9.17, 15) is 0 Å². The van der Waals surface area contributed by atoms with Gasteiger partial charge in [0.05, 0.1) is 0 Å². The molecule has 0 spiro atoms. The van der Waals surface area contributed by atoms with Crippen LogP contribution in [0.25, 0.3) is 0 Å². The Hall–Kier alpha value is -1.04. The Morgan fingerprint density at radius 2 is 1.00 bits per heavy atom. The second-order valence-corrected chi connectivity index (χ2v) is 1.24. The summed E-state index contributed by atoms with van der Waals surface area (Å²) in [6.07, 6.45) is 11.0. The first-order chi connectivity index (χ1) is 3.91. The molecule has 0 bridgehead atoms. The number of hydrogen-bond donors (Lipinski definition) is 0. The van der Waals surface area contributed by atoms with Gasteiger partial charge in [-0.1, -0.05) is 49.6 Å². The zero-order valence-corrected chi connectivity index (χ0v) is 4.88. The van der Waals surface area contributed by atoms with Crippen molar-refractivity contribution in [3.05, 3.63) is 49.6 Å². The van der Waals surface area contributed by atoms with Gasteiger partial charge >= 0.3 is 0 Å². The van der Waals surface area contributed by atoms with Gasteiger partial charge in [-0.3, -0.25) is 0 Å². The summed E-state index contributed by atoms with van der Waals surface area (Å²) in [5.74, 6) is 0. The van der Waals surface area contributed by atoms with E-state index in [4.69, 9.17) is 0 Å². The van der Waals surface area contributed by atoms with Gasteiger partial charge in [-0.15, -0.1) is 0 Å². The molecule has 0 aromatic rings. The molecule has 0 aliphatic heterocycles. The van der Waals surface area contributed by atoms with Crippen LogP contribution in [0, 0.1) is 0 Å². The molecule has 0 unspecified atom stereocenters. The Bertz CT molecular complexity index is 100. The summed E-state index contributed by atoms with van der Waals surface area (Å²) in [4.78, 5) is 0. The smallest absolute Gasteiger partial charge is 0.0623 e. The van der Waals surface area contributed by atoms with Crippen molar-refractivity contribution in [3.8, 4) is 0 Å². The molecule has 0 aliphatic rings. The lowest BCUT2D eigenvalue weighted by Gasteiger charge is -1.67. The largest absolute Gasteiger partial charge is 0.0991 e. The molecule has 42 valence electrons. The highest BCUT2D eigenvalue weighted by Crippen LogP contribution is 1.76. The predicted octanol–water partition coefficient (Wildman–Crippen LogP) is 2.47. The minimum Gasteiger partial charge on any atom is -0.0991 e. The Labute approximate surface area is 50.5 Å². The zero-order valence-electron chi connectivity index (χ0n) is 4.88. The van der Waals surface area contributed by atoms with Gasteiger partial charge in [-0.2, -0.15) is 0 Å². The first-order valence-corrected chi connectivity index (χ1v) is 2.48. The molecule has 0 saturated carbocycles. The third-order valence-electron chi connectivity index (χ3n) is 0.605. The SMILES string of the molecule is C=CC=C/C=C\C=C. The summed E-state index contributed by atoms with van der Waals surface area (Å²) in [7, 11) is 0. The third-order valence-corrected chi connectivity index (χ3v) is 0.605. The monoisotopic (exact) mass is 106 g/mol. The molecule has 0 fully saturated rings. The van der Waals surface area contributed by atoms with E-state index < -0.39 is 0 Å². The first-order valence-electron chi connectivity index (χ1n) is 2.48. The molecular weight excluding hydrogens is 96.1 g/mol. The van der Waals surface area contributed by atoms with E-state index in [0.29, 0.717) is 0 Å². The van der Waals surface area contributed by atoms with E-state index in [1.165, 1.54) is 0 Å². The average Bonchev–Trinajstić information content (AvgIpc) is 1.81. The van der Waals surface area contributed by atoms with Crippen LogP contribution in [0.2, 0.25) is 0 Å². The summed E-state index contributed by atoms with van der Waals surface area (Å²) in [6, 6.07) is 0. The zero-order chi connectivity index (χ0) is 6.24. The van der Waals surface area contributed by atoms with Gasteiger partial charge in [0.1, 0.15) is 0 Å². The number of hydrogen-bond acceptors (Lipinski definition) is 0. The fourth-order valence-corrected chi connectivity index (χ4v) is 0.285. The molecule has 0 saturated heterocycles. The molecular formula is C8H10. The van der Waals surface area contributed by atoms with E-state index in [-0.39, 0.29) is 0 Å². The van der Waals surface area contributed by atoms with Gasteiger partial charge in [0, 0.05) is 0 Å². The molecule has 0 rings (SSSR count). The lowest BCUT2D eigenvalue weighted by atomic mass is 10.4. The molecule has 0 amide bonds. The second-order valence-electron chi connectivity index (χ2n) is 1.24. The third kappa shape index (κ3) is 4.96. The Kier molecular flexibility index (Phi) is 5.19. The second kappa shape index (κ2) is 5.96. The standard InChI is InChI=1S/C8H10/c1-3-5-7-8-6-4-2/h3-8H,1-2H2/b7-5-,8-6?. The summed E-state index contributed by atoms with van der Waals surface area (Å²) in [5, 5.41) is 0. The van der Waals surface area contributed by atoms with Gasteiger partial charge in [0.15, 0.2) is 0 Å². The molecule has 0 aromatic carbocycles. The Balaban J connectivity index is 3.41. The highest BCUT2D eigenvalue weighted by atomic mass is 13.6. The summed E-state index contributed by atoms with van der Waals surface area (Å²) >= 11 is 0. The maximum atomic E-state index is 3.51. The van der Waals surface area contributed by atoms with E-state index >= 15 is 0 Å². The molecule has 0 aliphatic carbocycles. The lowest BCUT2D eigenvalue weighted by molar-refractivity contribution is 1.91. The van der Waals surface area contributed by atoms with Crippen molar-refractivity contribution >= 4 is 0 Å². The van der Waals surface area contributed by atoms with Crippen molar-refractivity contribution in [2.24, 2.45) is 0 Å². The molecule has 0 radical (unpaired) electrons. The Morgan fingerprint density at radius 3 is 1.25 bits per heavy atom. The van der Waals surface area contributed by atoms with Gasteiger partial charge in [0.25, 0.3) is 0 Å². The lowest BCUT2D eigenvalue weighted by Crippen LogP contribution is -1.45. The van der Waals surface area contributed by atoms with Crippen LogP contribution in [-0.2, 0) is 0 Å². The topological polar surface area (TPSA) is 0 Å². The summed E-state index contributed by atoms with van der Waals surface area (Å²) in [6.45, 7) is 7.02. The van der Waals surface area contributed by atoms with Crippen LogP contribution < -0.4 is 0 Å². The van der Waals surface area contributed by atoms with Crippen molar-refractivity contribution in [3.63, 3.8) is 0 Å². The molecule has 0 heterocycles. The maximum Gasteiger partial charge on any atom is -0.0623 e. The van der Waals surface area contributed by atoms with Crippen LogP contribution in [0.3, 0.4) is 0 Å². The maximum absolute atomic E-state index is 3.51. The minimum absolute atomic E-state index is 1.73. The molecule has 0 heteroatoms. The van der Waals surface area contributed by atoms with E-state index in [0.717, 1.165) is 0 Å². The van der Waals surface area contributed by atoms with Crippen LogP contribution in [0.15, 0.2) is 49.6 Å². The highest BCUT2D eigenvalue weighted by molar-refractivity contribution is 5.12. The van der Waals surface area contributed by atoms with E-state index in [1.54, 1.807) is 12.2 Å². The van der Waals surface area contributed by atoms with Gasteiger partial charge < -0.3 is 0 Å². The van der Waals surface area contributed by atoms with Gasteiger partial charge in [-0.05, 0) is 0 Å². The van der Waals surface area contributed by atoms with Gasteiger partial charge in [0.2, 0.25) is 0 Å². The predicted molar refractivity (Wildman–Crippen MR) is 38.7 cm³/mol. The quantitative estimate of drug-likeness (QED) is 0.485. The first kappa shape index (κ1) is 6.96. The van der Waals surface area contributed by atoms with Crippen LogP contribution in [0.1, 0.15) is 0 Å². The van der Waals surface area contributed by atoms with Gasteiger partial charge in [-0.25, -0.2) is 0 Å². The van der Waals surface area contributed by atoms with Crippen LogP contribution in [0.4, 0.5) is 0 Å². The van der Waals surface area contributed by atoms with Crippen LogP contribution in [0.5, 0.6) is 0 Å². The van der Waals surface area contributed by atoms with Crippen LogP contribution in [-0.4, -0.2) is 0 Å². The van der Waals surface area contributed by atoms with E-state index in [1.807, 2.05) is 24.3 Å². The van der Waals surface area contributed by atoms with Crippen molar-refractivity contribution < 1.29 is 0 Å². The van der Waals surface area contributed by atoms with Crippen molar-refractivity contribution in [1.82, 2.24) is 0 Å². The van der Waals surface area contributed by atoms with E-state index in [2.05, 4.69) is 13.2 Å². The summed E-state index contributed by atoms with van der Waals surface area (Å²) < 4.78 is 0. The summed E-state index contributed by atoms with van der Waals surface area (Å²) in [5.41, 5.74) is 0. The van der Waals surface area contributed by atoms with Crippen molar-refractivity contribution in [1.29, 1.82) is 0 Å². The number of rotatable bonds is 3. The molecule has 8 heavy (non-hydrogen) atoms. The molecule has 0 aromatic heterocycles. The fraction of sp³-hybridized carbons (Fsp3) is 0. The fourth-order valence-electron chi connectivity index (χ4n) is 0.285. The number of allylic oxidation sites excluding steroid dienone is 6. The average molecular weight is 106 g/mol. The minimum atomic E-state index is 1.73. The Morgan fingerprint density at radius 1 is 0.625 bits per heavy atom.